The largest absolute Gasteiger partial charge is 0.451 e. The second-order valence-electron chi connectivity index (χ2n) is 9.54. The Bertz CT molecular complexity index is 1680. The molecular formula is C29H25ClF3N3O4S. The van der Waals surface area contributed by atoms with Crippen LogP contribution in [-0.4, -0.2) is 44.8 Å². The van der Waals surface area contributed by atoms with Gasteiger partial charge in [-0.05, 0) is 55.5 Å². The molecule has 1 aliphatic heterocycles. The molecule has 214 valence electrons. The number of alkyl halides is 3. The van der Waals surface area contributed by atoms with E-state index in [4.69, 9.17) is 16.0 Å². The van der Waals surface area contributed by atoms with Gasteiger partial charge in [-0.15, -0.1) is 0 Å². The first-order chi connectivity index (χ1) is 19.4. The average molecular weight is 604 g/mol. The van der Waals surface area contributed by atoms with Gasteiger partial charge in [0.2, 0.25) is 10.0 Å². The lowest BCUT2D eigenvalue weighted by Gasteiger charge is -2.36. The molecule has 1 amide bonds. The maximum Gasteiger partial charge on any atom is 0.416 e. The Kier molecular flexibility index (Phi) is 7.87. The molecule has 12 heteroatoms. The molecule has 7 nitrogen and oxygen atoms in total. The van der Waals surface area contributed by atoms with Crippen LogP contribution in [0.3, 0.4) is 0 Å². The van der Waals surface area contributed by atoms with Gasteiger partial charge in [0.25, 0.3) is 5.91 Å². The van der Waals surface area contributed by atoms with Gasteiger partial charge in [0.15, 0.2) is 5.76 Å². The molecular weight excluding hydrogens is 579 g/mol. The summed E-state index contributed by atoms with van der Waals surface area (Å²) in [6, 6.07) is 19.1. The number of benzene rings is 3. The van der Waals surface area contributed by atoms with E-state index in [2.05, 4.69) is 5.32 Å². The Morgan fingerprint density at radius 2 is 1.61 bits per heavy atom. The van der Waals surface area contributed by atoms with Crippen LogP contribution in [0.2, 0.25) is 5.02 Å². The number of para-hydroxylation sites is 1. The molecule has 4 aromatic rings. The van der Waals surface area contributed by atoms with Crippen molar-refractivity contribution in [3.63, 3.8) is 0 Å². The monoisotopic (exact) mass is 603 g/mol. The third-order valence-electron chi connectivity index (χ3n) is 6.75. The number of halogens is 4. The zero-order valence-electron chi connectivity index (χ0n) is 21.8. The van der Waals surface area contributed by atoms with Gasteiger partial charge < -0.3 is 14.6 Å². The van der Waals surface area contributed by atoms with Crippen LogP contribution in [0.25, 0.3) is 11.3 Å². The molecule has 41 heavy (non-hydrogen) atoms. The fraction of sp³-hybridized carbons (Fsp3) is 0.207. The highest BCUT2D eigenvalue weighted by atomic mass is 35.5. The predicted molar refractivity (Wildman–Crippen MR) is 151 cm³/mol. The van der Waals surface area contributed by atoms with Gasteiger partial charge in [-0.1, -0.05) is 47.5 Å². The highest BCUT2D eigenvalue weighted by Crippen LogP contribution is 2.36. The van der Waals surface area contributed by atoms with Crippen molar-refractivity contribution in [2.75, 3.05) is 36.4 Å². The summed E-state index contributed by atoms with van der Waals surface area (Å²) in [4.78, 5) is 15.2. The van der Waals surface area contributed by atoms with Crippen LogP contribution in [0, 0.1) is 6.92 Å². The third kappa shape index (κ3) is 6.12. The van der Waals surface area contributed by atoms with Crippen molar-refractivity contribution in [1.82, 2.24) is 4.31 Å². The van der Waals surface area contributed by atoms with Crippen LogP contribution in [0.15, 0.2) is 88.2 Å². The fourth-order valence-electron chi connectivity index (χ4n) is 4.60. The molecule has 5 rings (SSSR count). The Morgan fingerprint density at radius 3 is 2.29 bits per heavy atom. The maximum absolute atomic E-state index is 13.1. The molecule has 1 saturated heterocycles. The minimum absolute atomic E-state index is 0.0997. The summed E-state index contributed by atoms with van der Waals surface area (Å²) < 4.78 is 72.6. The van der Waals surface area contributed by atoms with Crippen molar-refractivity contribution in [3.05, 3.63) is 101 Å². The van der Waals surface area contributed by atoms with Crippen molar-refractivity contribution < 1.29 is 30.8 Å². The molecule has 0 saturated carbocycles. The number of furan rings is 1. The first-order valence-electron chi connectivity index (χ1n) is 12.6. The molecule has 0 bridgehead atoms. The van der Waals surface area contributed by atoms with Crippen LogP contribution in [0.1, 0.15) is 21.7 Å². The zero-order chi connectivity index (χ0) is 29.4. The summed E-state index contributed by atoms with van der Waals surface area (Å²) in [6.07, 6.45) is -4.51. The smallest absolute Gasteiger partial charge is 0.416 e. The number of aryl methyl sites for hydroxylation is 1. The average Bonchev–Trinajstić information content (AvgIpc) is 3.44. The SMILES string of the molecule is Cc1ccc(S(=O)(=O)N2CCN(c3c(Cl)cccc3NC(=O)c3ccc(-c4cccc(C(F)(F)F)c4)o3)CC2)cc1. The topological polar surface area (TPSA) is 82.9 Å². The van der Waals surface area contributed by atoms with E-state index in [1.807, 2.05) is 11.8 Å². The number of nitrogens with zero attached hydrogens (tertiary/aromatic N) is 2. The van der Waals surface area contributed by atoms with Crippen LogP contribution < -0.4 is 10.2 Å². The van der Waals surface area contributed by atoms with E-state index >= 15 is 0 Å². The van der Waals surface area contributed by atoms with E-state index in [0.717, 1.165) is 17.7 Å². The second-order valence-corrected chi connectivity index (χ2v) is 11.9. The van der Waals surface area contributed by atoms with Gasteiger partial charge in [-0.2, -0.15) is 17.5 Å². The van der Waals surface area contributed by atoms with Crippen molar-refractivity contribution in [2.45, 2.75) is 18.0 Å². The van der Waals surface area contributed by atoms with Gasteiger partial charge in [0, 0.05) is 31.7 Å². The molecule has 3 aromatic carbocycles. The third-order valence-corrected chi connectivity index (χ3v) is 8.97. The van der Waals surface area contributed by atoms with E-state index in [1.54, 1.807) is 42.5 Å². The van der Waals surface area contributed by atoms with Crippen LogP contribution in [0.4, 0.5) is 24.5 Å². The number of amides is 1. The lowest BCUT2D eigenvalue weighted by Crippen LogP contribution is -2.49. The van der Waals surface area contributed by atoms with Gasteiger partial charge in [0.05, 0.1) is 26.9 Å². The van der Waals surface area contributed by atoms with Gasteiger partial charge in [0.1, 0.15) is 5.76 Å². The van der Waals surface area contributed by atoms with Crippen LogP contribution in [0.5, 0.6) is 0 Å². The molecule has 0 atom stereocenters. The Morgan fingerprint density at radius 1 is 0.927 bits per heavy atom. The molecule has 1 aromatic heterocycles. The Labute approximate surface area is 240 Å². The molecule has 1 N–H and O–H groups in total. The number of carbonyl (C=O) groups is 1. The Hall–Kier alpha value is -3.80. The van der Waals surface area contributed by atoms with Crippen LogP contribution in [-0.2, 0) is 16.2 Å². The molecule has 0 aliphatic carbocycles. The number of anilines is 2. The predicted octanol–water partition coefficient (Wildman–Crippen LogP) is 6.69. The highest BCUT2D eigenvalue weighted by molar-refractivity contribution is 7.89. The lowest BCUT2D eigenvalue weighted by molar-refractivity contribution is -0.137. The normalized spacial score (nSPS) is 14.7. The van der Waals surface area contributed by atoms with E-state index in [0.29, 0.717) is 29.5 Å². The standard InChI is InChI=1S/C29H25ClF3N3O4S/c1-19-8-10-22(11-9-19)41(38,39)36-16-14-35(15-17-36)27-23(30)6-3-7-24(27)34-28(37)26-13-12-25(40-26)20-4-2-5-21(18-20)29(31,32)33/h2-13,18H,14-17H2,1H3,(H,34,37). The summed E-state index contributed by atoms with van der Waals surface area (Å²) >= 11 is 6.52. The molecule has 1 fully saturated rings. The number of hydrogen-bond donors (Lipinski definition) is 1. The number of nitrogens with one attached hydrogen (secondary N) is 1. The summed E-state index contributed by atoms with van der Waals surface area (Å²) in [6.45, 7) is 2.98. The van der Waals surface area contributed by atoms with E-state index < -0.39 is 27.7 Å². The number of hydrogen-bond acceptors (Lipinski definition) is 5. The van der Waals surface area contributed by atoms with Crippen molar-refractivity contribution >= 4 is 38.9 Å². The number of sulfonamides is 1. The summed E-state index contributed by atoms with van der Waals surface area (Å²) in [5.74, 6) is -0.608. The van der Waals surface area contributed by atoms with Crippen molar-refractivity contribution in [2.24, 2.45) is 0 Å². The van der Waals surface area contributed by atoms with E-state index in [9.17, 15) is 26.4 Å². The molecule has 0 radical (unpaired) electrons. The quantitative estimate of drug-likeness (QED) is 0.265. The van der Waals surface area contributed by atoms with Gasteiger partial charge in [-0.3, -0.25) is 4.79 Å². The van der Waals surface area contributed by atoms with Gasteiger partial charge in [-0.25, -0.2) is 8.42 Å². The summed E-state index contributed by atoms with van der Waals surface area (Å²) in [5, 5.41) is 3.13. The highest BCUT2D eigenvalue weighted by Gasteiger charge is 2.32. The molecule has 1 aliphatic rings. The Balaban J connectivity index is 1.31. The van der Waals surface area contributed by atoms with E-state index in [-0.39, 0.29) is 35.1 Å². The minimum Gasteiger partial charge on any atom is -0.451 e. The van der Waals surface area contributed by atoms with Crippen molar-refractivity contribution in [1.29, 1.82) is 0 Å². The fourth-order valence-corrected chi connectivity index (χ4v) is 6.31. The first-order valence-corrected chi connectivity index (χ1v) is 14.4. The van der Waals surface area contributed by atoms with Gasteiger partial charge >= 0.3 is 6.18 Å². The second kappa shape index (κ2) is 11.2. The number of carbonyl (C=O) groups excluding carboxylic acids is 1. The first kappa shape index (κ1) is 28.7. The van der Waals surface area contributed by atoms with E-state index in [1.165, 1.54) is 28.6 Å². The summed E-state index contributed by atoms with van der Waals surface area (Å²) in [7, 11) is -3.66. The lowest BCUT2D eigenvalue weighted by atomic mass is 10.1. The summed E-state index contributed by atoms with van der Waals surface area (Å²) in [5.41, 5.74) is 1.23. The maximum atomic E-state index is 13.1. The van der Waals surface area contributed by atoms with Crippen LogP contribution >= 0.6 is 11.6 Å². The molecule has 2 heterocycles. The zero-order valence-corrected chi connectivity index (χ0v) is 23.4. The number of rotatable bonds is 6. The van der Waals surface area contributed by atoms with Crippen molar-refractivity contribution in [3.8, 4) is 11.3 Å². The molecule has 0 spiro atoms. The number of piperazine rings is 1. The molecule has 0 unspecified atom stereocenters. The minimum atomic E-state index is -4.51.